The van der Waals surface area contributed by atoms with Gasteiger partial charge in [0.1, 0.15) is 29.4 Å². The quantitative estimate of drug-likeness (QED) is 0.599. The number of rotatable bonds is 6. The summed E-state index contributed by atoms with van der Waals surface area (Å²) in [6, 6.07) is 11.8. The van der Waals surface area contributed by atoms with Crippen molar-refractivity contribution in [3.05, 3.63) is 53.6 Å². The predicted molar refractivity (Wildman–Crippen MR) is 86.4 cm³/mol. The molecule has 0 aliphatic heterocycles. The molecule has 24 heavy (non-hydrogen) atoms. The van der Waals surface area contributed by atoms with Gasteiger partial charge in [0.15, 0.2) is 0 Å². The summed E-state index contributed by atoms with van der Waals surface area (Å²) in [5, 5.41) is 0. The molecule has 0 amide bonds. The molecule has 0 aromatic heterocycles. The average Bonchev–Trinajstić information content (AvgIpc) is 2.58. The molecule has 2 rings (SSSR count). The Labute approximate surface area is 139 Å². The van der Waals surface area contributed by atoms with Gasteiger partial charge in [-0.25, -0.2) is 4.79 Å². The molecule has 0 spiro atoms. The first-order chi connectivity index (χ1) is 11.5. The van der Waals surface area contributed by atoms with Gasteiger partial charge < -0.3 is 18.9 Å². The third-order valence-corrected chi connectivity index (χ3v) is 3.16. The van der Waals surface area contributed by atoms with Crippen LogP contribution in [0.25, 0.3) is 0 Å². The van der Waals surface area contributed by atoms with Gasteiger partial charge in [0.25, 0.3) is 0 Å². The van der Waals surface area contributed by atoms with Crippen LogP contribution in [0.2, 0.25) is 0 Å². The molecule has 0 fully saturated rings. The lowest BCUT2D eigenvalue weighted by Crippen LogP contribution is -2.09. The van der Waals surface area contributed by atoms with Crippen molar-refractivity contribution in [1.82, 2.24) is 0 Å². The van der Waals surface area contributed by atoms with Crippen molar-refractivity contribution in [2.24, 2.45) is 0 Å². The van der Waals surface area contributed by atoms with Crippen molar-refractivity contribution >= 4 is 11.9 Å². The first-order valence-electron chi connectivity index (χ1n) is 7.20. The molecule has 2 aromatic rings. The van der Waals surface area contributed by atoms with Crippen LogP contribution in [0.3, 0.4) is 0 Å². The zero-order valence-electron chi connectivity index (χ0n) is 13.7. The lowest BCUT2D eigenvalue weighted by Gasteiger charge is -2.12. The van der Waals surface area contributed by atoms with Crippen molar-refractivity contribution in [2.75, 3.05) is 14.2 Å². The van der Waals surface area contributed by atoms with E-state index < -0.39 is 11.9 Å². The molecule has 6 heteroatoms. The van der Waals surface area contributed by atoms with E-state index in [9.17, 15) is 9.59 Å². The van der Waals surface area contributed by atoms with Crippen LogP contribution in [0, 0.1) is 0 Å². The van der Waals surface area contributed by atoms with Crippen molar-refractivity contribution < 1.29 is 28.5 Å². The summed E-state index contributed by atoms with van der Waals surface area (Å²) < 4.78 is 20.7. The van der Waals surface area contributed by atoms with E-state index >= 15 is 0 Å². The third-order valence-electron chi connectivity index (χ3n) is 3.16. The molecular weight excluding hydrogens is 312 g/mol. The summed E-state index contributed by atoms with van der Waals surface area (Å²) in [5.41, 5.74) is 0.912. The van der Waals surface area contributed by atoms with E-state index in [1.165, 1.54) is 21.1 Å². The summed E-state index contributed by atoms with van der Waals surface area (Å²) in [4.78, 5) is 23.4. The first kappa shape index (κ1) is 17.3. The highest BCUT2D eigenvalue weighted by atomic mass is 16.5. The number of benzene rings is 2. The van der Waals surface area contributed by atoms with Crippen LogP contribution in [-0.2, 0) is 16.1 Å². The standard InChI is InChI=1S/C18H18O6/c1-12(19)24-14-7-4-6-13(10-14)11-23-18(20)17-15(21-2)8-5-9-16(17)22-3/h4-10H,11H2,1-3H3. The second-order valence-electron chi connectivity index (χ2n) is 4.85. The zero-order chi connectivity index (χ0) is 17.5. The minimum absolute atomic E-state index is 0.0230. The molecule has 0 unspecified atom stereocenters. The van der Waals surface area contributed by atoms with Gasteiger partial charge in [-0.2, -0.15) is 0 Å². The minimum Gasteiger partial charge on any atom is -0.496 e. The van der Waals surface area contributed by atoms with E-state index in [2.05, 4.69) is 0 Å². The van der Waals surface area contributed by atoms with E-state index in [4.69, 9.17) is 18.9 Å². The van der Waals surface area contributed by atoms with Crippen LogP contribution in [0.15, 0.2) is 42.5 Å². The second kappa shape index (κ2) is 8.01. The summed E-state index contributed by atoms with van der Waals surface area (Å²) in [7, 11) is 2.93. The minimum atomic E-state index is -0.567. The van der Waals surface area contributed by atoms with Crippen LogP contribution in [-0.4, -0.2) is 26.2 Å². The fourth-order valence-electron chi connectivity index (χ4n) is 2.14. The van der Waals surface area contributed by atoms with Gasteiger partial charge in [-0.1, -0.05) is 18.2 Å². The largest absolute Gasteiger partial charge is 0.496 e. The SMILES string of the molecule is COc1cccc(OC)c1C(=O)OCc1cccc(OC(C)=O)c1. The smallest absolute Gasteiger partial charge is 0.346 e. The van der Waals surface area contributed by atoms with Crippen molar-refractivity contribution in [2.45, 2.75) is 13.5 Å². The predicted octanol–water partition coefficient (Wildman–Crippen LogP) is 2.99. The normalized spacial score (nSPS) is 9.96. The molecule has 126 valence electrons. The molecule has 0 radical (unpaired) electrons. The molecule has 6 nitrogen and oxygen atoms in total. The Balaban J connectivity index is 2.13. The molecule has 0 aliphatic rings. The third kappa shape index (κ3) is 4.25. The van der Waals surface area contributed by atoms with Crippen LogP contribution in [0.1, 0.15) is 22.8 Å². The zero-order valence-corrected chi connectivity index (χ0v) is 13.7. The maximum Gasteiger partial charge on any atom is 0.346 e. The molecule has 0 saturated carbocycles. The highest BCUT2D eigenvalue weighted by Crippen LogP contribution is 2.29. The fraction of sp³-hybridized carbons (Fsp3) is 0.222. The summed E-state index contributed by atoms with van der Waals surface area (Å²) >= 11 is 0. The first-order valence-corrected chi connectivity index (χ1v) is 7.20. The summed E-state index contributed by atoms with van der Waals surface area (Å²) in [6.45, 7) is 1.34. The number of esters is 2. The van der Waals surface area contributed by atoms with E-state index in [-0.39, 0.29) is 12.2 Å². The van der Waals surface area contributed by atoms with E-state index in [1.807, 2.05) is 0 Å². The van der Waals surface area contributed by atoms with Crippen molar-refractivity contribution in [3.8, 4) is 17.2 Å². The van der Waals surface area contributed by atoms with Gasteiger partial charge in [0.05, 0.1) is 14.2 Å². The number of hydrogen-bond acceptors (Lipinski definition) is 6. The van der Waals surface area contributed by atoms with E-state index in [0.717, 1.165) is 0 Å². The van der Waals surface area contributed by atoms with Gasteiger partial charge in [0, 0.05) is 6.92 Å². The highest BCUT2D eigenvalue weighted by molar-refractivity contribution is 5.95. The van der Waals surface area contributed by atoms with E-state index in [1.54, 1.807) is 42.5 Å². The average molecular weight is 330 g/mol. The highest BCUT2D eigenvalue weighted by Gasteiger charge is 2.19. The summed E-state index contributed by atoms with van der Waals surface area (Å²) in [6.07, 6.45) is 0. The Hall–Kier alpha value is -3.02. The second-order valence-corrected chi connectivity index (χ2v) is 4.85. The summed E-state index contributed by atoms with van der Waals surface area (Å²) in [5.74, 6) is 0.150. The molecule has 0 atom stereocenters. The van der Waals surface area contributed by atoms with Gasteiger partial charge in [-0.3, -0.25) is 4.79 Å². The Kier molecular flexibility index (Phi) is 5.78. The van der Waals surface area contributed by atoms with E-state index in [0.29, 0.717) is 22.8 Å². The Morgan fingerprint density at radius 2 is 1.58 bits per heavy atom. The van der Waals surface area contributed by atoms with Crippen LogP contribution in [0.5, 0.6) is 17.2 Å². The molecule has 0 N–H and O–H groups in total. The Morgan fingerprint density at radius 3 is 2.17 bits per heavy atom. The number of methoxy groups -OCH3 is 2. The number of ether oxygens (including phenoxy) is 4. The Morgan fingerprint density at radius 1 is 0.958 bits per heavy atom. The van der Waals surface area contributed by atoms with Gasteiger partial charge >= 0.3 is 11.9 Å². The maximum absolute atomic E-state index is 12.4. The number of carbonyl (C=O) groups is 2. The van der Waals surface area contributed by atoms with Gasteiger partial charge in [-0.05, 0) is 29.8 Å². The maximum atomic E-state index is 12.4. The van der Waals surface area contributed by atoms with Crippen molar-refractivity contribution in [1.29, 1.82) is 0 Å². The number of hydrogen-bond donors (Lipinski definition) is 0. The molecule has 0 saturated heterocycles. The Bertz CT molecular complexity index is 716. The monoisotopic (exact) mass is 330 g/mol. The lowest BCUT2D eigenvalue weighted by molar-refractivity contribution is -0.131. The molecular formula is C18H18O6. The lowest BCUT2D eigenvalue weighted by atomic mass is 10.1. The molecule has 0 aliphatic carbocycles. The molecule has 0 heterocycles. The van der Waals surface area contributed by atoms with Crippen molar-refractivity contribution in [3.63, 3.8) is 0 Å². The van der Waals surface area contributed by atoms with Gasteiger partial charge in [-0.15, -0.1) is 0 Å². The molecule has 0 bridgehead atoms. The van der Waals surface area contributed by atoms with Crippen LogP contribution >= 0.6 is 0 Å². The van der Waals surface area contributed by atoms with Gasteiger partial charge in [0.2, 0.25) is 0 Å². The number of carbonyl (C=O) groups excluding carboxylic acids is 2. The molecule has 2 aromatic carbocycles. The fourth-order valence-corrected chi connectivity index (χ4v) is 2.14. The topological polar surface area (TPSA) is 71.1 Å². The van der Waals surface area contributed by atoms with Crippen LogP contribution < -0.4 is 14.2 Å². The van der Waals surface area contributed by atoms with Crippen LogP contribution in [0.4, 0.5) is 0 Å².